The third-order valence-corrected chi connectivity index (χ3v) is 6.17. The van der Waals surface area contributed by atoms with E-state index in [1.807, 2.05) is 6.07 Å². The number of H-pyrrole nitrogens is 1. The fourth-order valence-electron chi connectivity index (χ4n) is 4.32. The summed E-state index contributed by atoms with van der Waals surface area (Å²) in [6.45, 7) is 0.819. The number of benzene rings is 2. The maximum atomic E-state index is 6.25. The van der Waals surface area contributed by atoms with E-state index < -0.39 is 0 Å². The van der Waals surface area contributed by atoms with Crippen molar-refractivity contribution in [3.63, 3.8) is 0 Å². The summed E-state index contributed by atoms with van der Waals surface area (Å²) in [5, 5.41) is 5.79. The molecule has 0 bridgehead atoms. The van der Waals surface area contributed by atoms with E-state index in [1.54, 1.807) is 0 Å². The van der Waals surface area contributed by atoms with Crippen LogP contribution in [0.3, 0.4) is 0 Å². The molecule has 2 aliphatic rings. The van der Waals surface area contributed by atoms with Crippen LogP contribution in [0.5, 0.6) is 0 Å². The van der Waals surface area contributed by atoms with Crippen molar-refractivity contribution in [1.29, 1.82) is 0 Å². The summed E-state index contributed by atoms with van der Waals surface area (Å²) >= 11 is 9.85. The summed E-state index contributed by atoms with van der Waals surface area (Å²) in [5.74, 6) is 0.401. The highest BCUT2D eigenvalue weighted by atomic mass is 79.9. The van der Waals surface area contributed by atoms with Crippen molar-refractivity contribution in [1.82, 2.24) is 4.98 Å². The Hall–Kier alpha value is -1.49. The minimum absolute atomic E-state index is 0.103. The number of nitrogens with one attached hydrogen (secondary N) is 2. The van der Waals surface area contributed by atoms with Crippen molar-refractivity contribution < 1.29 is 4.74 Å². The zero-order valence-electron chi connectivity index (χ0n) is 13.6. The van der Waals surface area contributed by atoms with Crippen LogP contribution in [0.15, 0.2) is 47.1 Å². The minimum Gasteiger partial charge on any atom is -0.377 e. The van der Waals surface area contributed by atoms with E-state index in [4.69, 9.17) is 16.3 Å². The monoisotopic (exact) mass is 416 g/mol. The van der Waals surface area contributed by atoms with E-state index in [0.29, 0.717) is 5.92 Å². The Morgan fingerprint density at radius 2 is 2.04 bits per heavy atom. The quantitative estimate of drug-likeness (QED) is 0.493. The summed E-state index contributed by atoms with van der Waals surface area (Å²) in [6.07, 6.45) is 4.49. The van der Waals surface area contributed by atoms with Crippen LogP contribution in [0, 0.1) is 5.92 Å². The molecule has 0 aliphatic carbocycles. The smallest absolute Gasteiger partial charge is 0.0896 e. The summed E-state index contributed by atoms with van der Waals surface area (Å²) in [5.41, 5.74) is 4.78. The Bertz CT molecular complexity index is 954. The maximum absolute atomic E-state index is 6.25. The van der Waals surface area contributed by atoms with Gasteiger partial charge < -0.3 is 15.0 Å². The molecule has 0 spiro atoms. The second-order valence-corrected chi connectivity index (χ2v) is 8.24. The van der Waals surface area contributed by atoms with Crippen molar-refractivity contribution in [3.05, 3.63) is 63.2 Å². The molecule has 0 saturated carbocycles. The average molecular weight is 418 g/mol. The van der Waals surface area contributed by atoms with E-state index in [2.05, 4.69) is 62.8 Å². The fourth-order valence-corrected chi connectivity index (χ4v) is 4.86. The third-order valence-electron chi connectivity index (χ3n) is 5.44. The maximum Gasteiger partial charge on any atom is 0.0896 e. The Kier molecular flexibility index (Phi) is 3.81. The molecular weight excluding hydrogens is 400 g/mol. The summed E-state index contributed by atoms with van der Waals surface area (Å²) in [6, 6.07) is 12.7. The third kappa shape index (κ3) is 2.59. The van der Waals surface area contributed by atoms with Crippen LogP contribution in [0.25, 0.3) is 10.9 Å². The van der Waals surface area contributed by atoms with Crippen LogP contribution in [0.4, 0.5) is 5.69 Å². The minimum atomic E-state index is 0.103. The number of hydrogen-bond donors (Lipinski definition) is 2. The van der Waals surface area contributed by atoms with Gasteiger partial charge in [0.2, 0.25) is 0 Å². The van der Waals surface area contributed by atoms with Gasteiger partial charge in [-0.2, -0.15) is 0 Å². The lowest BCUT2D eigenvalue weighted by Crippen LogP contribution is -2.35. The van der Waals surface area contributed by atoms with Gasteiger partial charge in [0, 0.05) is 55.9 Å². The molecule has 1 saturated heterocycles. The molecule has 0 amide bonds. The number of halogens is 2. The lowest BCUT2D eigenvalue weighted by Gasteiger charge is -2.43. The first-order chi connectivity index (χ1) is 12.2. The fraction of sp³-hybridized carbons (Fsp3) is 0.300. The number of aromatic nitrogens is 1. The van der Waals surface area contributed by atoms with Gasteiger partial charge in [0.25, 0.3) is 0 Å². The Morgan fingerprint density at radius 3 is 2.96 bits per heavy atom. The topological polar surface area (TPSA) is 37.0 Å². The number of aromatic amines is 1. The zero-order valence-corrected chi connectivity index (χ0v) is 15.9. The predicted octanol–water partition coefficient (Wildman–Crippen LogP) is 6.22. The van der Waals surface area contributed by atoms with Crippen LogP contribution in [0.1, 0.15) is 36.1 Å². The van der Waals surface area contributed by atoms with Crippen LogP contribution in [-0.2, 0) is 4.74 Å². The Morgan fingerprint density at radius 1 is 1.12 bits per heavy atom. The van der Waals surface area contributed by atoms with Gasteiger partial charge in [-0.15, -0.1) is 0 Å². The molecule has 1 fully saturated rings. The first kappa shape index (κ1) is 15.7. The Labute approximate surface area is 159 Å². The zero-order chi connectivity index (χ0) is 17.0. The predicted molar refractivity (Wildman–Crippen MR) is 105 cm³/mol. The van der Waals surface area contributed by atoms with Gasteiger partial charge in [-0.1, -0.05) is 27.5 Å². The molecule has 128 valence electrons. The van der Waals surface area contributed by atoms with Gasteiger partial charge in [-0.05, 0) is 49.2 Å². The highest BCUT2D eigenvalue weighted by Gasteiger charge is 2.40. The number of ether oxygens (including phenoxy) is 1. The molecule has 2 aromatic carbocycles. The van der Waals surface area contributed by atoms with Crippen molar-refractivity contribution >= 4 is 44.1 Å². The molecule has 25 heavy (non-hydrogen) atoms. The molecule has 5 rings (SSSR count). The number of rotatable bonds is 1. The van der Waals surface area contributed by atoms with Crippen LogP contribution in [0.2, 0.25) is 5.02 Å². The van der Waals surface area contributed by atoms with Crippen LogP contribution >= 0.6 is 27.5 Å². The summed E-state index contributed by atoms with van der Waals surface area (Å²) in [4.78, 5) is 3.42. The van der Waals surface area contributed by atoms with Gasteiger partial charge in [-0.3, -0.25) is 0 Å². The molecule has 2 N–H and O–H groups in total. The molecule has 2 aliphatic heterocycles. The largest absolute Gasteiger partial charge is 0.377 e. The van der Waals surface area contributed by atoms with Crippen LogP contribution < -0.4 is 5.32 Å². The van der Waals surface area contributed by atoms with E-state index in [-0.39, 0.29) is 12.1 Å². The number of anilines is 1. The molecular formula is C20H18BrClN2O. The van der Waals surface area contributed by atoms with Crippen molar-refractivity contribution in [2.24, 2.45) is 5.92 Å². The normalized spacial score (nSPS) is 25.3. The van der Waals surface area contributed by atoms with Gasteiger partial charge in [0.1, 0.15) is 0 Å². The summed E-state index contributed by atoms with van der Waals surface area (Å²) in [7, 11) is 0. The molecule has 1 aromatic heterocycles. The van der Waals surface area contributed by atoms with Crippen molar-refractivity contribution in [2.45, 2.75) is 25.0 Å². The van der Waals surface area contributed by atoms with Gasteiger partial charge in [0.15, 0.2) is 0 Å². The number of hydrogen-bond acceptors (Lipinski definition) is 2. The Balaban J connectivity index is 1.65. The molecule has 5 heteroatoms. The average Bonchev–Trinajstić information content (AvgIpc) is 3.04. The van der Waals surface area contributed by atoms with E-state index in [1.165, 1.54) is 16.5 Å². The standard InChI is InChI=1S/C20H18BrClN2O/c21-11-3-5-17-14(8-11)16(10-23-17)19-13-2-1-7-25-20(13)15-9-12(22)4-6-18(15)24-19/h3-6,8-10,13,19-20,23-24H,1-2,7H2. The lowest BCUT2D eigenvalue weighted by atomic mass is 9.77. The molecule has 3 atom stereocenters. The molecule has 3 nitrogen and oxygen atoms in total. The second-order valence-electron chi connectivity index (χ2n) is 6.88. The van der Waals surface area contributed by atoms with Gasteiger partial charge in [-0.25, -0.2) is 0 Å². The summed E-state index contributed by atoms with van der Waals surface area (Å²) < 4.78 is 7.31. The first-order valence-electron chi connectivity index (χ1n) is 8.65. The van der Waals surface area contributed by atoms with E-state index in [9.17, 15) is 0 Å². The molecule has 3 heterocycles. The van der Waals surface area contributed by atoms with E-state index in [0.717, 1.165) is 40.1 Å². The lowest BCUT2D eigenvalue weighted by molar-refractivity contribution is -0.0379. The SMILES string of the molecule is Clc1ccc2c(c1)C1OCCCC1C(c1c[nH]c3ccc(Br)cc13)N2. The molecule has 0 radical (unpaired) electrons. The number of fused-ring (bicyclic) bond motifs is 4. The molecule has 3 aromatic rings. The van der Waals surface area contributed by atoms with Crippen LogP contribution in [-0.4, -0.2) is 11.6 Å². The van der Waals surface area contributed by atoms with Crippen molar-refractivity contribution in [3.8, 4) is 0 Å². The first-order valence-corrected chi connectivity index (χ1v) is 9.82. The second kappa shape index (κ2) is 6.04. The van der Waals surface area contributed by atoms with E-state index >= 15 is 0 Å². The van der Waals surface area contributed by atoms with Crippen molar-refractivity contribution in [2.75, 3.05) is 11.9 Å². The molecule has 3 unspecified atom stereocenters. The highest BCUT2D eigenvalue weighted by Crippen LogP contribution is 2.50. The van der Waals surface area contributed by atoms with Gasteiger partial charge in [0.05, 0.1) is 12.1 Å². The highest BCUT2D eigenvalue weighted by molar-refractivity contribution is 9.10. The van der Waals surface area contributed by atoms with Gasteiger partial charge >= 0.3 is 0 Å².